The van der Waals surface area contributed by atoms with E-state index in [1.54, 1.807) is 0 Å². The van der Waals surface area contributed by atoms with Crippen molar-refractivity contribution >= 4 is 15.9 Å². The number of sulfone groups is 1. The molecule has 0 N–H and O–H groups in total. The fraction of sp³-hybridized carbons (Fsp3) is 0.435. The molecule has 2 aromatic carbocycles. The van der Waals surface area contributed by atoms with Gasteiger partial charge in [-0.05, 0) is 24.5 Å². The number of halogens is 2. The van der Waals surface area contributed by atoms with E-state index < -0.39 is 38.9 Å². The first-order chi connectivity index (χ1) is 15.2. The van der Waals surface area contributed by atoms with E-state index in [9.17, 15) is 22.0 Å². The van der Waals surface area contributed by atoms with E-state index >= 15 is 0 Å². The Balaban J connectivity index is 1.38. The standard InChI is InChI=1S/C23H25F2NO5S/c1-2-32(28,29)15-18-19(24)13-17(14-20(18)25)30-22(27)26-11-9-23(10-12-26)8-7-16-5-3-4-6-21(16)31-23/h3-6,13-14H,2,7-12,15H2,1H3. The van der Waals surface area contributed by atoms with Crippen molar-refractivity contribution in [2.45, 2.75) is 44.0 Å². The lowest BCUT2D eigenvalue weighted by Crippen LogP contribution is -2.51. The Kier molecular flexibility index (Phi) is 6.11. The molecule has 1 amide bonds. The molecule has 2 aliphatic rings. The molecule has 172 valence electrons. The average molecular weight is 466 g/mol. The van der Waals surface area contributed by atoms with Crippen molar-refractivity contribution in [2.24, 2.45) is 0 Å². The van der Waals surface area contributed by atoms with Gasteiger partial charge in [0.25, 0.3) is 0 Å². The molecular formula is C23H25F2NO5S. The molecule has 9 heteroatoms. The molecule has 0 saturated carbocycles. The Hall–Kier alpha value is -2.68. The van der Waals surface area contributed by atoms with Gasteiger partial charge in [-0.25, -0.2) is 22.0 Å². The van der Waals surface area contributed by atoms with Gasteiger partial charge >= 0.3 is 6.09 Å². The molecule has 1 spiro atoms. The van der Waals surface area contributed by atoms with Gasteiger partial charge in [-0.3, -0.25) is 0 Å². The molecule has 0 unspecified atom stereocenters. The van der Waals surface area contributed by atoms with Crippen LogP contribution in [0.25, 0.3) is 0 Å². The van der Waals surface area contributed by atoms with Crippen LogP contribution in [-0.2, 0) is 22.0 Å². The van der Waals surface area contributed by atoms with Crippen molar-refractivity contribution in [3.63, 3.8) is 0 Å². The van der Waals surface area contributed by atoms with Crippen LogP contribution in [0, 0.1) is 11.6 Å². The number of rotatable bonds is 4. The van der Waals surface area contributed by atoms with Gasteiger partial charge in [0.05, 0.1) is 5.75 Å². The van der Waals surface area contributed by atoms with Gasteiger partial charge in [-0.2, -0.15) is 0 Å². The first-order valence-corrected chi connectivity index (χ1v) is 12.4. The third kappa shape index (κ3) is 4.72. The fourth-order valence-corrected chi connectivity index (χ4v) is 5.09. The number of fused-ring (bicyclic) bond motifs is 1. The summed E-state index contributed by atoms with van der Waals surface area (Å²) in [5, 5.41) is 0. The number of benzene rings is 2. The lowest BCUT2D eigenvalue weighted by atomic mass is 9.83. The highest BCUT2D eigenvalue weighted by atomic mass is 32.2. The number of para-hydroxylation sites is 1. The number of piperidine rings is 1. The molecule has 6 nitrogen and oxygen atoms in total. The SMILES string of the molecule is CCS(=O)(=O)Cc1c(F)cc(OC(=O)N2CCC3(CCc4ccccc4O3)CC2)cc1F. The largest absolute Gasteiger partial charge is 0.487 e. The summed E-state index contributed by atoms with van der Waals surface area (Å²) in [6, 6.07) is 9.61. The molecule has 32 heavy (non-hydrogen) atoms. The van der Waals surface area contributed by atoms with Gasteiger partial charge in [0.15, 0.2) is 9.84 Å². The van der Waals surface area contributed by atoms with Crippen molar-refractivity contribution in [3.05, 3.63) is 59.2 Å². The summed E-state index contributed by atoms with van der Waals surface area (Å²) in [4.78, 5) is 14.0. The maximum absolute atomic E-state index is 14.3. The van der Waals surface area contributed by atoms with E-state index in [-0.39, 0.29) is 17.1 Å². The number of amides is 1. The Morgan fingerprint density at radius 1 is 1.12 bits per heavy atom. The monoisotopic (exact) mass is 465 g/mol. The molecule has 0 bridgehead atoms. The number of hydrogen-bond acceptors (Lipinski definition) is 5. The second-order valence-corrected chi connectivity index (χ2v) is 10.6. The second kappa shape index (κ2) is 8.69. The quantitative estimate of drug-likeness (QED) is 0.675. The molecule has 4 rings (SSSR count). The van der Waals surface area contributed by atoms with Crippen molar-refractivity contribution in [1.82, 2.24) is 4.90 Å². The van der Waals surface area contributed by atoms with Crippen LogP contribution in [0.5, 0.6) is 11.5 Å². The van der Waals surface area contributed by atoms with Gasteiger partial charge in [0, 0.05) is 49.4 Å². The van der Waals surface area contributed by atoms with Crippen molar-refractivity contribution < 1.29 is 31.5 Å². The molecule has 0 atom stereocenters. The Bertz CT molecular complexity index is 1100. The van der Waals surface area contributed by atoms with E-state index in [0.29, 0.717) is 25.9 Å². The van der Waals surface area contributed by atoms with Gasteiger partial charge in [0.2, 0.25) is 0 Å². The predicted octanol–water partition coefficient (Wildman–Crippen LogP) is 4.26. The lowest BCUT2D eigenvalue weighted by molar-refractivity contribution is -0.00950. The first kappa shape index (κ1) is 22.5. The molecule has 2 aliphatic heterocycles. The highest BCUT2D eigenvalue weighted by molar-refractivity contribution is 7.90. The number of ether oxygens (including phenoxy) is 2. The first-order valence-electron chi connectivity index (χ1n) is 10.6. The summed E-state index contributed by atoms with van der Waals surface area (Å²) in [6.07, 6.45) is 2.34. The van der Waals surface area contributed by atoms with Gasteiger partial charge in [-0.15, -0.1) is 0 Å². The highest BCUT2D eigenvalue weighted by Gasteiger charge is 2.40. The normalized spacial score (nSPS) is 17.5. The number of aryl methyl sites for hydroxylation is 1. The van der Waals surface area contributed by atoms with Gasteiger partial charge in [0.1, 0.15) is 28.7 Å². The van der Waals surface area contributed by atoms with Crippen LogP contribution >= 0.6 is 0 Å². The Labute approximate surface area is 186 Å². The van der Waals surface area contributed by atoms with E-state index in [4.69, 9.17) is 9.47 Å². The van der Waals surface area contributed by atoms with Crippen LogP contribution in [0.4, 0.5) is 13.6 Å². The summed E-state index contributed by atoms with van der Waals surface area (Å²) in [5.41, 5.74) is 0.302. The van der Waals surface area contributed by atoms with Crippen molar-refractivity contribution in [1.29, 1.82) is 0 Å². The zero-order valence-electron chi connectivity index (χ0n) is 17.8. The molecule has 0 aliphatic carbocycles. The topological polar surface area (TPSA) is 72.9 Å². The van der Waals surface area contributed by atoms with Crippen LogP contribution < -0.4 is 9.47 Å². The van der Waals surface area contributed by atoms with E-state index in [0.717, 1.165) is 30.7 Å². The molecule has 2 aromatic rings. The number of carbonyl (C=O) groups excluding carboxylic acids is 1. The molecule has 0 radical (unpaired) electrons. The Morgan fingerprint density at radius 2 is 1.78 bits per heavy atom. The maximum Gasteiger partial charge on any atom is 0.415 e. The van der Waals surface area contributed by atoms with Crippen LogP contribution in [0.1, 0.15) is 37.3 Å². The van der Waals surface area contributed by atoms with Crippen molar-refractivity contribution in [2.75, 3.05) is 18.8 Å². The third-order valence-corrected chi connectivity index (χ3v) is 7.81. The van der Waals surface area contributed by atoms with Crippen LogP contribution in [-0.4, -0.2) is 43.9 Å². The second-order valence-electron chi connectivity index (χ2n) is 8.29. The average Bonchev–Trinajstić information content (AvgIpc) is 2.77. The molecule has 0 aromatic heterocycles. The fourth-order valence-electron chi connectivity index (χ4n) is 4.17. The number of hydrogen-bond donors (Lipinski definition) is 0. The summed E-state index contributed by atoms with van der Waals surface area (Å²) in [5.74, 6) is -2.51. The summed E-state index contributed by atoms with van der Waals surface area (Å²) >= 11 is 0. The highest BCUT2D eigenvalue weighted by Crippen LogP contribution is 2.39. The maximum atomic E-state index is 14.3. The summed E-state index contributed by atoms with van der Waals surface area (Å²) in [6.45, 7) is 2.21. The van der Waals surface area contributed by atoms with E-state index in [2.05, 4.69) is 6.07 Å². The predicted molar refractivity (Wildman–Crippen MR) is 114 cm³/mol. The van der Waals surface area contributed by atoms with E-state index in [1.807, 2.05) is 18.2 Å². The number of nitrogens with zero attached hydrogens (tertiary/aromatic N) is 1. The molecule has 2 heterocycles. The minimum Gasteiger partial charge on any atom is -0.487 e. The van der Waals surface area contributed by atoms with Gasteiger partial charge in [-0.1, -0.05) is 25.1 Å². The van der Waals surface area contributed by atoms with E-state index in [1.165, 1.54) is 17.4 Å². The zero-order valence-corrected chi connectivity index (χ0v) is 18.6. The summed E-state index contributed by atoms with van der Waals surface area (Å²) < 4.78 is 63.5. The number of likely N-dealkylation sites (tertiary alicyclic amines) is 1. The van der Waals surface area contributed by atoms with Crippen LogP contribution in [0.2, 0.25) is 0 Å². The summed E-state index contributed by atoms with van der Waals surface area (Å²) in [7, 11) is -3.61. The van der Waals surface area contributed by atoms with Crippen LogP contribution in [0.3, 0.4) is 0 Å². The molecule has 1 saturated heterocycles. The lowest BCUT2D eigenvalue weighted by Gasteiger charge is -2.44. The molecule has 1 fully saturated rings. The minimum atomic E-state index is -3.61. The third-order valence-electron chi connectivity index (χ3n) is 6.21. The molecular weight excluding hydrogens is 440 g/mol. The zero-order chi connectivity index (χ0) is 22.9. The van der Waals surface area contributed by atoms with Crippen molar-refractivity contribution in [3.8, 4) is 11.5 Å². The smallest absolute Gasteiger partial charge is 0.415 e. The Morgan fingerprint density at radius 3 is 2.44 bits per heavy atom. The minimum absolute atomic E-state index is 0.228. The number of carbonyl (C=O) groups is 1. The van der Waals surface area contributed by atoms with Gasteiger partial charge < -0.3 is 14.4 Å². The van der Waals surface area contributed by atoms with Crippen LogP contribution in [0.15, 0.2) is 36.4 Å².